The summed E-state index contributed by atoms with van der Waals surface area (Å²) in [7, 11) is 3.26. The van der Waals surface area contributed by atoms with E-state index in [2.05, 4.69) is 14.9 Å². The van der Waals surface area contributed by atoms with Crippen molar-refractivity contribution in [2.45, 2.75) is 44.2 Å². The predicted octanol–water partition coefficient (Wildman–Crippen LogP) is 3.40. The van der Waals surface area contributed by atoms with E-state index < -0.39 is 0 Å². The molecule has 0 atom stereocenters. The zero-order valence-electron chi connectivity index (χ0n) is 18.1. The van der Waals surface area contributed by atoms with Gasteiger partial charge in [-0.25, -0.2) is 9.97 Å². The van der Waals surface area contributed by atoms with E-state index in [0.29, 0.717) is 22.6 Å². The molecule has 0 radical (unpaired) electrons. The summed E-state index contributed by atoms with van der Waals surface area (Å²) in [6.45, 7) is 2.27. The molecule has 0 amide bonds. The highest BCUT2D eigenvalue weighted by molar-refractivity contribution is 5.79. The summed E-state index contributed by atoms with van der Waals surface area (Å²) in [4.78, 5) is 24.3. The van der Waals surface area contributed by atoms with Gasteiger partial charge in [0.05, 0.1) is 24.2 Å². The van der Waals surface area contributed by atoms with Gasteiger partial charge in [0.1, 0.15) is 17.7 Å². The minimum atomic E-state index is -0.126. The van der Waals surface area contributed by atoms with Crippen molar-refractivity contribution in [2.75, 3.05) is 20.2 Å². The first-order valence-electron chi connectivity index (χ1n) is 11.0. The molecule has 2 aromatic heterocycles. The number of methoxy groups -OCH3 is 1. The van der Waals surface area contributed by atoms with E-state index in [1.165, 1.54) is 26.4 Å². The van der Waals surface area contributed by atoms with Gasteiger partial charge in [0.25, 0.3) is 5.56 Å². The van der Waals surface area contributed by atoms with Crippen LogP contribution in [0.3, 0.4) is 0 Å². The maximum atomic E-state index is 12.8. The Hall–Kier alpha value is -2.93. The van der Waals surface area contributed by atoms with E-state index in [9.17, 15) is 4.79 Å². The van der Waals surface area contributed by atoms with Crippen LogP contribution in [0.25, 0.3) is 22.3 Å². The number of ether oxygens (including phenoxy) is 2. The molecule has 5 rings (SSSR count). The van der Waals surface area contributed by atoms with Gasteiger partial charge in [0.2, 0.25) is 5.88 Å². The average molecular weight is 421 g/mol. The van der Waals surface area contributed by atoms with Crippen molar-refractivity contribution in [3.63, 3.8) is 0 Å². The molecule has 2 aliphatic rings. The molecular weight excluding hydrogens is 392 g/mol. The number of hydrogen-bond donors (Lipinski definition) is 0. The summed E-state index contributed by atoms with van der Waals surface area (Å²) in [5, 5.41) is 0.492. The number of fused-ring (bicyclic) bond motifs is 1. The standard InChI is InChI=1S/C24H28N4O3/c1-27-23(26-21-15-25-22(30-2)14-20(21)24(27)29)16-6-8-18(9-7-16)31-19-10-12-28(13-11-19)17-4-3-5-17/h6-9,14-15,17,19H,3-5,10-13H2,1-2H3. The molecule has 1 aromatic carbocycles. The maximum Gasteiger partial charge on any atom is 0.261 e. The summed E-state index contributed by atoms with van der Waals surface area (Å²) >= 11 is 0. The summed E-state index contributed by atoms with van der Waals surface area (Å²) in [5.74, 6) is 1.87. The fraction of sp³-hybridized carbons (Fsp3) is 0.458. The minimum Gasteiger partial charge on any atom is -0.490 e. The fourth-order valence-electron chi connectivity index (χ4n) is 4.51. The average Bonchev–Trinajstić information content (AvgIpc) is 2.77. The number of aromatic nitrogens is 3. The van der Waals surface area contributed by atoms with Crippen LogP contribution in [0.15, 0.2) is 41.3 Å². The SMILES string of the molecule is COc1cc2c(=O)n(C)c(-c3ccc(OC4CCN(C5CCC5)CC4)cc3)nc2cn1. The molecule has 0 N–H and O–H groups in total. The smallest absolute Gasteiger partial charge is 0.261 e. The van der Waals surface area contributed by atoms with Gasteiger partial charge >= 0.3 is 0 Å². The zero-order valence-corrected chi connectivity index (χ0v) is 18.1. The van der Waals surface area contributed by atoms with Gasteiger partial charge in [0.15, 0.2) is 0 Å². The van der Waals surface area contributed by atoms with Crippen LogP contribution in [0.5, 0.6) is 11.6 Å². The van der Waals surface area contributed by atoms with Crippen LogP contribution in [0.2, 0.25) is 0 Å². The Morgan fingerprint density at radius 1 is 1.06 bits per heavy atom. The molecule has 31 heavy (non-hydrogen) atoms. The van der Waals surface area contributed by atoms with E-state index in [-0.39, 0.29) is 11.7 Å². The molecular formula is C24H28N4O3. The topological polar surface area (TPSA) is 69.5 Å². The third-order valence-electron chi connectivity index (χ3n) is 6.63. The maximum absolute atomic E-state index is 12.8. The molecule has 7 heteroatoms. The Morgan fingerprint density at radius 2 is 1.81 bits per heavy atom. The van der Waals surface area contributed by atoms with Crippen molar-refractivity contribution in [3.05, 3.63) is 46.9 Å². The lowest BCUT2D eigenvalue weighted by Crippen LogP contribution is -2.46. The Bertz CT molecular complexity index is 1130. The number of likely N-dealkylation sites (tertiary alicyclic amines) is 1. The van der Waals surface area contributed by atoms with E-state index in [0.717, 1.165) is 43.3 Å². The highest BCUT2D eigenvalue weighted by Gasteiger charge is 2.29. The number of nitrogens with zero attached hydrogens (tertiary/aromatic N) is 4. The van der Waals surface area contributed by atoms with Crippen molar-refractivity contribution in [1.29, 1.82) is 0 Å². The van der Waals surface area contributed by atoms with Crippen molar-refractivity contribution in [3.8, 4) is 23.0 Å². The number of rotatable bonds is 5. The monoisotopic (exact) mass is 420 g/mol. The van der Waals surface area contributed by atoms with Crippen LogP contribution in [0, 0.1) is 0 Å². The highest BCUT2D eigenvalue weighted by Crippen LogP contribution is 2.29. The molecule has 0 bridgehead atoms. The first-order valence-corrected chi connectivity index (χ1v) is 11.0. The quantitative estimate of drug-likeness (QED) is 0.630. The number of benzene rings is 1. The molecule has 7 nitrogen and oxygen atoms in total. The second-order valence-electron chi connectivity index (χ2n) is 8.51. The zero-order chi connectivity index (χ0) is 21.4. The van der Waals surface area contributed by atoms with Gasteiger partial charge in [-0.2, -0.15) is 0 Å². The van der Waals surface area contributed by atoms with Gasteiger partial charge in [0, 0.05) is 37.8 Å². The van der Waals surface area contributed by atoms with E-state index in [4.69, 9.17) is 9.47 Å². The minimum absolute atomic E-state index is 0.126. The molecule has 0 unspecified atom stereocenters. The molecule has 1 saturated carbocycles. The summed E-state index contributed by atoms with van der Waals surface area (Å²) < 4.78 is 12.9. The van der Waals surface area contributed by atoms with Gasteiger partial charge < -0.3 is 14.4 Å². The molecule has 0 spiro atoms. The first-order chi connectivity index (χ1) is 15.1. The number of hydrogen-bond acceptors (Lipinski definition) is 6. The van der Waals surface area contributed by atoms with E-state index >= 15 is 0 Å². The lowest BCUT2D eigenvalue weighted by atomic mass is 9.90. The molecule has 1 aliphatic heterocycles. The number of pyridine rings is 1. The van der Waals surface area contributed by atoms with Crippen LogP contribution in [-0.4, -0.2) is 51.8 Å². The highest BCUT2D eigenvalue weighted by atomic mass is 16.5. The Morgan fingerprint density at radius 3 is 2.45 bits per heavy atom. The number of piperidine rings is 1. The Balaban J connectivity index is 1.31. The van der Waals surface area contributed by atoms with Crippen LogP contribution >= 0.6 is 0 Å². The third kappa shape index (κ3) is 3.90. The molecule has 3 aromatic rings. The summed E-state index contributed by atoms with van der Waals surface area (Å²) in [6, 6.07) is 10.3. The van der Waals surface area contributed by atoms with Crippen molar-refractivity contribution in [2.24, 2.45) is 7.05 Å². The summed E-state index contributed by atoms with van der Waals surface area (Å²) in [6.07, 6.45) is 8.11. The van der Waals surface area contributed by atoms with Crippen molar-refractivity contribution in [1.82, 2.24) is 19.4 Å². The first kappa shape index (κ1) is 20.0. The fourth-order valence-corrected chi connectivity index (χ4v) is 4.51. The van der Waals surface area contributed by atoms with Crippen LogP contribution in [0.4, 0.5) is 0 Å². The van der Waals surface area contributed by atoms with Crippen LogP contribution in [0.1, 0.15) is 32.1 Å². The molecule has 1 saturated heterocycles. The molecule has 2 fully saturated rings. The van der Waals surface area contributed by atoms with Crippen LogP contribution < -0.4 is 15.0 Å². The molecule has 1 aliphatic carbocycles. The predicted molar refractivity (Wildman–Crippen MR) is 120 cm³/mol. The van der Waals surface area contributed by atoms with Crippen molar-refractivity contribution >= 4 is 10.9 Å². The van der Waals surface area contributed by atoms with E-state index in [1.807, 2.05) is 24.3 Å². The van der Waals surface area contributed by atoms with Crippen molar-refractivity contribution < 1.29 is 9.47 Å². The van der Waals surface area contributed by atoms with E-state index in [1.54, 1.807) is 23.9 Å². The molecule has 162 valence electrons. The lowest BCUT2D eigenvalue weighted by Gasteiger charge is -2.41. The van der Waals surface area contributed by atoms with Gasteiger partial charge in [-0.3, -0.25) is 9.36 Å². The van der Waals surface area contributed by atoms with Crippen LogP contribution in [-0.2, 0) is 7.05 Å². The third-order valence-corrected chi connectivity index (χ3v) is 6.63. The largest absolute Gasteiger partial charge is 0.490 e. The lowest BCUT2D eigenvalue weighted by molar-refractivity contribution is 0.0493. The Labute approximate surface area is 181 Å². The van der Waals surface area contributed by atoms with Gasteiger partial charge in [-0.15, -0.1) is 0 Å². The van der Waals surface area contributed by atoms with Gasteiger partial charge in [-0.05, 0) is 49.9 Å². The van der Waals surface area contributed by atoms with Gasteiger partial charge in [-0.1, -0.05) is 6.42 Å². The molecule has 3 heterocycles. The second kappa shape index (κ2) is 8.30. The second-order valence-corrected chi connectivity index (χ2v) is 8.51. The normalized spacial score (nSPS) is 18.1. The summed E-state index contributed by atoms with van der Waals surface area (Å²) in [5.41, 5.74) is 1.29. The Kier molecular flexibility index (Phi) is 5.36.